The first-order valence-corrected chi connectivity index (χ1v) is 12.0. The van der Waals surface area contributed by atoms with Gasteiger partial charge in [0.1, 0.15) is 5.75 Å². The Labute approximate surface area is 209 Å². The van der Waals surface area contributed by atoms with Crippen LogP contribution >= 0.6 is 23.2 Å². The van der Waals surface area contributed by atoms with Crippen LogP contribution in [-0.4, -0.2) is 46.1 Å². The summed E-state index contributed by atoms with van der Waals surface area (Å²) in [6.45, 7) is 8.58. The van der Waals surface area contributed by atoms with E-state index in [1.165, 1.54) is 0 Å². The maximum absolute atomic E-state index is 9.91. The van der Waals surface area contributed by atoms with Crippen molar-refractivity contribution < 1.29 is 5.11 Å². The molecule has 6 heteroatoms. The van der Waals surface area contributed by atoms with E-state index < -0.39 is 0 Å². The number of piperazine rings is 1. The molecule has 1 aliphatic heterocycles. The molecule has 0 amide bonds. The second kappa shape index (κ2) is 9.67. The molecule has 0 saturated carbocycles. The second-order valence-electron chi connectivity index (χ2n) is 8.56. The van der Waals surface area contributed by atoms with Crippen LogP contribution < -0.4 is 0 Å². The average Bonchev–Trinajstić information content (AvgIpc) is 2.87. The average molecular weight is 490 g/mol. The molecule has 5 rings (SSSR count). The minimum atomic E-state index is 0.0656. The molecule has 2 heterocycles. The van der Waals surface area contributed by atoms with Gasteiger partial charge in [0.05, 0.1) is 10.5 Å². The lowest BCUT2D eigenvalue weighted by Crippen LogP contribution is -2.44. The van der Waals surface area contributed by atoms with Gasteiger partial charge in [0.25, 0.3) is 0 Å². The summed E-state index contributed by atoms with van der Waals surface area (Å²) in [6, 6.07) is 22.2. The van der Waals surface area contributed by atoms with Gasteiger partial charge in [-0.25, -0.2) is 0 Å². The summed E-state index contributed by atoms with van der Waals surface area (Å²) in [5.41, 5.74) is 6.33. The lowest BCUT2D eigenvalue weighted by Gasteiger charge is -2.37. The summed E-state index contributed by atoms with van der Waals surface area (Å²) in [7, 11) is 0. The largest absolute Gasteiger partial charge is 0.506 e. The third-order valence-electron chi connectivity index (χ3n) is 6.43. The van der Waals surface area contributed by atoms with Crippen molar-refractivity contribution in [2.45, 2.75) is 6.54 Å². The molecule has 0 radical (unpaired) electrons. The van der Waals surface area contributed by atoms with Crippen molar-refractivity contribution in [1.82, 2.24) is 14.8 Å². The van der Waals surface area contributed by atoms with E-state index in [2.05, 4.69) is 69.9 Å². The van der Waals surface area contributed by atoms with Crippen molar-refractivity contribution in [3.05, 3.63) is 101 Å². The standard InChI is InChI=1S/C28H25Cl2N3O/c1-19(33-14-12-32(13-15-33)18-23-16-27(34)26(30)17-25(23)29)20-7-9-21(10-8-20)24-6-2-4-22-5-3-11-31-28(22)24/h2-11,16-17,34H,1,12-15,18H2. The Balaban J connectivity index is 1.24. The molecule has 172 valence electrons. The van der Waals surface area contributed by atoms with E-state index in [-0.39, 0.29) is 10.8 Å². The SMILES string of the molecule is C=C(c1ccc(-c2cccc3cccnc23)cc1)N1CCN(Cc2cc(O)c(Cl)cc2Cl)CC1. The number of pyridine rings is 1. The number of nitrogens with zero attached hydrogens (tertiary/aromatic N) is 3. The summed E-state index contributed by atoms with van der Waals surface area (Å²) in [6.07, 6.45) is 1.84. The summed E-state index contributed by atoms with van der Waals surface area (Å²) in [5, 5.41) is 11.9. The molecule has 4 aromatic rings. The van der Waals surface area contributed by atoms with E-state index in [0.717, 1.165) is 65.0 Å². The Morgan fingerprint density at radius 2 is 1.65 bits per heavy atom. The second-order valence-corrected chi connectivity index (χ2v) is 9.38. The number of hydrogen-bond acceptors (Lipinski definition) is 4. The number of fused-ring (bicyclic) bond motifs is 1. The molecule has 0 bridgehead atoms. The fourth-order valence-corrected chi connectivity index (χ4v) is 4.92. The van der Waals surface area contributed by atoms with Gasteiger partial charge in [0, 0.05) is 60.6 Å². The van der Waals surface area contributed by atoms with Crippen LogP contribution in [-0.2, 0) is 6.54 Å². The third kappa shape index (κ3) is 4.62. The number of aromatic nitrogens is 1. The van der Waals surface area contributed by atoms with Crippen LogP contribution in [0, 0.1) is 0 Å². The number of phenols is 1. The normalized spacial score (nSPS) is 14.5. The van der Waals surface area contributed by atoms with Gasteiger partial charge in [-0.3, -0.25) is 9.88 Å². The zero-order valence-electron chi connectivity index (χ0n) is 18.7. The van der Waals surface area contributed by atoms with Crippen LogP contribution in [0.2, 0.25) is 10.0 Å². The highest BCUT2D eigenvalue weighted by molar-refractivity contribution is 6.35. The summed E-state index contributed by atoms with van der Waals surface area (Å²) in [4.78, 5) is 9.23. The highest BCUT2D eigenvalue weighted by Gasteiger charge is 2.20. The monoisotopic (exact) mass is 489 g/mol. The predicted molar refractivity (Wildman–Crippen MR) is 141 cm³/mol. The highest BCUT2D eigenvalue weighted by atomic mass is 35.5. The molecule has 0 aliphatic carbocycles. The highest BCUT2D eigenvalue weighted by Crippen LogP contribution is 2.32. The van der Waals surface area contributed by atoms with Crippen LogP contribution in [0.5, 0.6) is 5.75 Å². The topological polar surface area (TPSA) is 39.6 Å². The molecule has 3 aromatic carbocycles. The molecule has 1 N–H and O–H groups in total. The Morgan fingerprint density at radius 1 is 0.912 bits per heavy atom. The quantitative estimate of drug-likeness (QED) is 0.338. The lowest BCUT2D eigenvalue weighted by atomic mass is 10.00. The Kier molecular flexibility index (Phi) is 6.46. The van der Waals surface area contributed by atoms with Gasteiger partial charge in [-0.1, -0.05) is 78.3 Å². The predicted octanol–water partition coefficient (Wildman–Crippen LogP) is 6.70. The minimum Gasteiger partial charge on any atom is -0.506 e. The molecule has 0 unspecified atom stereocenters. The van der Waals surface area contributed by atoms with Crippen LogP contribution in [0.3, 0.4) is 0 Å². The zero-order valence-corrected chi connectivity index (χ0v) is 20.2. The Bertz CT molecular complexity index is 1340. The number of aromatic hydroxyl groups is 1. The van der Waals surface area contributed by atoms with Gasteiger partial charge in [0.2, 0.25) is 0 Å². The van der Waals surface area contributed by atoms with Gasteiger partial charge in [-0.05, 0) is 34.9 Å². The Hall–Kier alpha value is -3.05. The van der Waals surface area contributed by atoms with E-state index in [1.54, 1.807) is 12.1 Å². The third-order valence-corrected chi connectivity index (χ3v) is 7.08. The summed E-state index contributed by atoms with van der Waals surface area (Å²) >= 11 is 12.3. The summed E-state index contributed by atoms with van der Waals surface area (Å²) in [5.74, 6) is 0.0656. The van der Waals surface area contributed by atoms with Crippen LogP contribution in [0.4, 0.5) is 0 Å². The number of benzene rings is 3. The number of halogens is 2. The van der Waals surface area contributed by atoms with E-state index in [4.69, 9.17) is 23.2 Å². The van der Waals surface area contributed by atoms with E-state index in [9.17, 15) is 5.11 Å². The minimum absolute atomic E-state index is 0.0656. The lowest BCUT2D eigenvalue weighted by molar-refractivity contribution is 0.169. The molecule has 4 nitrogen and oxygen atoms in total. The van der Waals surface area contributed by atoms with Crippen molar-refractivity contribution >= 4 is 39.8 Å². The molecule has 1 saturated heterocycles. The van der Waals surface area contributed by atoms with Crippen molar-refractivity contribution in [3.63, 3.8) is 0 Å². The maximum atomic E-state index is 9.91. The smallest absolute Gasteiger partial charge is 0.134 e. The number of phenolic OH excluding ortho intramolecular Hbond substituents is 1. The molecular formula is C28H25Cl2N3O. The molecule has 0 spiro atoms. The van der Waals surface area contributed by atoms with Crippen molar-refractivity contribution in [2.24, 2.45) is 0 Å². The number of rotatable bonds is 5. The molecule has 1 aliphatic rings. The number of hydrogen-bond donors (Lipinski definition) is 1. The first-order chi connectivity index (χ1) is 16.5. The van der Waals surface area contributed by atoms with Crippen LogP contribution in [0.15, 0.2) is 79.5 Å². The van der Waals surface area contributed by atoms with Gasteiger partial charge in [-0.15, -0.1) is 0 Å². The van der Waals surface area contributed by atoms with Crippen molar-refractivity contribution in [2.75, 3.05) is 26.2 Å². The first kappa shape index (κ1) is 22.7. The summed E-state index contributed by atoms with van der Waals surface area (Å²) < 4.78 is 0. The van der Waals surface area contributed by atoms with Crippen molar-refractivity contribution in [1.29, 1.82) is 0 Å². The molecule has 34 heavy (non-hydrogen) atoms. The van der Waals surface area contributed by atoms with Crippen LogP contribution in [0.25, 0.3) is 27.7 Å². The van der Waals surface area contributed by atoms with Crippen molar-refractivity contribution in [3.8, 4) is 16.9 Å². The molecular weight excluding hydrogens is 465 g/mol. The number of para-hydroxylation sites is 1. The van der Waals surface area contributed by atoms with Gasteiger partial charge >= 0.3 is 0 Å². The maximum Gasteiger partial charge on any atom is 0.134 e. The fraction of sp³-hybridized carbons (Fsp3) is 0.179. The van der Waals surface area contributed by atoms with Crippen LogP contribution in [0.1, 0.15) is 11.1 Å². The molecule has 1 aromatic heterocycles. The molecule has 0 atom stereocenters. The first-order valence-electron chi connectivity index (χ1n) is 11.3. The van der Waals surface area contributed by atoms with Gasteiger partial charge in [0.15, 0.2) is 0 Å². The Morgan fingerprint density at radius 3 is 2.41 bits per heavy atom. The molecule has 1 fully saturated rings. The van der Waals surface area contributed by atoms with E-state index >= 15 is 0 Å². The van der Waals surface area contributed by atoms with E-state index in [0.29, 0.717) is 11.6 Å². The van der Waals surface area contributed by atoms with E-state index in [1.807, 2.05) is 12.3 Å². The van der Waals surface area contributed by atoms with Gasteiger partial charge < -0.3 is 10.0 Å². The fourth-order valence-electron chi connectivity index (χ4n) is 4.48. The van der Waals surface area contributed by atoms with Gasteiger partial charge in [-0.2, -0.15) is 0 Å². The zero-order chi connectivity index (χ0) is 23.7.